The summed E-state index contributed by atoms with van der Waals surface area (Å²) in [6.07, 6.45) is -10.4. The number of hydrogen-bond donors (Lipinski definition) is 1. The smallest absolute Gasteiger partial charge is 0.378 e. The van der Waals surface area contributed by atoms with Crippen molar-refractivity contribution in [2.45, 2.75) is 32.2 Å². The van der Waals surface area contributed by atoms with Gasteiger partial charge in [0.05, 0.1) is 0 Å². The summed E-state index contributed by atoms with van der Waals surface area (Å²) in [5, 5.41) is 3.47. The summed E-state index contributed by atoms with van der Waals surface area (Å²) in [6.45, 7) is 0. The predicted molar refractivity (Wildman–Crippen MR) is 109 cm³/mol. The Balaban J connectivity index is 2.31. The molecule has 0 heterocycles. The normalized spacial score (nSPS) is 14.7. The average Bonchev–Trinajstić information content (AvgIpc) is 2.78. The fourth-order valence-corrected chi connectivity index (χ4v) is 8.09. The molecule has 1 atom stereocenters. The zero-order valence-corrected chi connectivity index (χ0v) is 17.7. The third-order valence-corrected chi connectivity index (χ3v) is 9.61. The topological polar surface area (TPSA) is 63.6 Å². The van der Waals surface area contributed by atoms with Crippen LogP contribution in [0.5, 0.6) is 0 Å². The second kappa shape index (κ2) is 8.81. The maximum Gasteiger partial charge on any atom is 0.421 e. The molecule has 0 aliphatic rings. The molecule has 0 aliphatic heterocycles. The van der Waals surface area contributed by atoms with E-state index in [4.69, 9.17) is 8.74 Å². The second-order valence-corrected chi connectivity index (χ2v) is 11.0. The van der Waals surface area contributed by atoms with Gasteiger partial charge in [-0.2, -0.15) is 30.4 Å². The van der Waals surface area contributed by atoms with E-state index in [1.54, 1.807) is 18.2 Å². The average molecular weight is 492 g/mol. The first-order valence-corrected chi connectivity index (χ1v) is 12.0. The molecule has 0 aliphatic carbocycles. The molecule has 3 rings (SSSR count). The fraction of sp³-hybridized carbons (Fsp3) is 0.143. The zero-order valence-electron chi connectivity index (χ0n) is 16.1. The fourth-order valence-electron chi connectivity index (χ4n) is 2.87. The minimum absolute atomic E-state index is 0.151. The number of alkyl halides is 5. The van der Waals surface area contributed by atoms with Crippen molar-refractivity contribution in [1.82, 2.24) is 0 Å². The van der Waals surface area contributed by atoms with Gasteiger partial charge in [-0.25, -0.2) is 3.63 Å². The lowest BCUT2D eigenvalue weighted by Gasteiger charge is -2.40. The van der Waals surface area contributed by atoms with Crippen LogP contribution in [0.3, 0.4) is 0 Å². The van der Waals surface area contributed by atoms with Gasteiger partial charge in [0.2, 0.25) is 6.10 Å². The molecule has 0 radical (unpaired) electrons. The molecule has 0 aromatic heterocycles. The van der Waals surface area contributed by atoms with Crippen LogP contribution < -0.4 is 0 Å². The molecule has 1 unspecified atom stereocenters. The largest absolute Gasteiger partial charge is 0.421 e. The molecule has 172 valence electrons. The van der Waals surface area contributed by atoms with Gasteiger partial charge in [0.25, 0.3) is 0 Å². The molecule has 0 saturated heterocycles. The van der Waals surface area contributed by atoms with Gasteiger partial charge in [-0.15, -0.1) is 0 Å². The molecule has 0 fully saturated rings. The Morgan fingerprint density at radius 2 is 0.969 bits per heavy atom. The van der Waals surface area contributed by atoms with Crippen molar-refractivity contribution in [3.05, 3.63) is 91.0 Å². The van der Waals surface area contributed by atoms with Gasteiger partial charge >= 0.3 is 21.5 Å². The van der Waals surface area contributed by atoms with Crippen LogP contribution in [0.15, 0.2) is 106 Å². The van der Waals surface area contributed by atoms with Gasteiger partial charge in [-0.3, -0.25) is 0 Å². The van der Waals surface area contributed by atoms with Crippen molar-refractivity contribution in [3.63, 3.8) is 0 Å². The summed E-state index contributed by atoms with van der Waals surface area (Å²) in [5.74, 6) is 0. The molecule has 1 N–H and O–H groups in total. The van der Waals surface area contributed by atoms with Crippen molar-refractivity contribution < 1.29 is 39.1 Å². The first-order chi connectivity index (χ1) is 14.9. The molecule has 3 aromatic carbocycles. The van der Waals surface area contributed by atoms with Crippen molar-refractivity contribution in [2.24, 2.45) is 0 Å². The predicted octanol–water partition coefficient (Wildman–Crippen LogP) is 5.75. The van der Waals surface area contributed by atoms with E-state index in [0.29, 0.717) is 0 Å². The molecule has 4 nitrogen and oxygen atoms in total. The lowest BCUT2D eigenvalue weighted by atomic mass is 10.4. The zero-order chi connectivity index (χ0) is 23.6. The van der Waals surface area contributed by atoms with Gasteiger partial charge in [-0.05, 0) is 46.7 Å². The molecule has 0 bridgehead atoms. The standard InChI is InChI=1S/C21H17F5O4S2/c22-20(23,24)19(27)21(25,26)32(28,29)30-31(16-10-4-1-5-11-16,17-12-6-2-7-13-17)18-14-8-3-9-15-18/h1-15,19,27H. The lowest BCUT2D eigenvalue weighted by Crippen LogP contribution is -2.50. The molecule has 0 amide bonds. The van der Waals surface area contributed by atoms with Gasteiger partial charge in [0.15, 0.2) is 0 Å². The van der Waals surface area contributed by atoms with Crippen LogP contribution in [0, 0.1) is 0 Å². The number of aliphatic hydroxyl groups is 1. The third-order valence-electron chi connectivity index (χ3n) is 4.38. The van der Waals surface area contributed by atoms with Crippen LogP contribution in [-0.4, -0.2) is 31.1 Å². The van der Waals surface area contributed by atoms with E-state index in [1.165, 1.54) is 72.8 Å². The maximum atomic E-state index is 14.5. The van der Waals surface area contributed by atoms with E-state index < -0.39 is 38.0 Å². The highest BCUT2D eigenvalue weighted by Gasteiger charge is 2.65. The summed E-state index contributed by atoms with van der Waals surface area (Å²) in [4.78, 5) is 0.454. The maximum absolute atomic E-state index is 14.5. The highest BCUT2D eigenvalue weighted by Crippen LogP contribution is 2.70. The van der Waals surface area contributed by atoms with Crippen molar-refractivity contribution in [1.29, 1.82) is 0 Å². The van der Waals surface area contributed by atoms with Crippen LogP contribution in [-0.2, 0) is 13.7 Å². The number of benzene rings is 3. The SMILES string of the molecule is O=S(=O)(OS(c1ccccc1)(c1ccccc1)c1ccccc1)C(F)(F)C(O)C(F)(F)F. The highest BCUT2D eigenvalue weighted by molar-refractivity contribution is 8.33. The Bertz CT molecular complexity index is 1040. The van der Waals surface area contributed by atoms with Crippen LogP contribution in [0.4, 0.5) is 22.0 Å². The van der Waals surface area contributed by atoms with Crippen LogP contribution in [0.2, 0.25) is 0 Å². The first-order valence-electron chi connectivity index (χ1n) is 9.00. The Morgan fingerprint density at radius 3 is 1.25 bits per heavy atom. The molecule has 0 saturated carbocycles. The summed E-state index contributed by atoms with van der Waals surface area (Å²) in [7, 11) is -9.81. The van der Waals surface area contributed by atoms with E-state index in [-0.39, 0.29) is 14.7 Å². The van der Waals surface area contributed by atoms with Gasteiger partial charge < -0.3 is 5.11 Å². The van der Waals surface area contributed by atoms with Crippen molar-refractivity contribution >= 4 is 20.4 Å². The summed E-state index contributed by atoms with van der Waals surface area (Å²) in [6, 6.07) is 22.5. The number of halogens is 5. The Kier molecular flexibility index (Phi) is 6.66. The van der Waals surface area contributed by atoms with Crippen molar-refractivity contribution in [2.75, 3.05) is 0 Å². The Morgan fingerprint density at radius 1 is 0.656 bits per heavy atom. The molecule has 3 aromatic rings. The molecule has 11 heteroatoms. The quantitative estimate of drug-likeness (QED) is 0.427. The summed E-state index contributed by atoms with van der Waals surface area (Å²) < 4.78 is 97.9. The first kappa shape index (κ1) is 24.2. The highest BCUT2D eigenvalue weighted by atomic mass is 32.3. The number of hydrogen-bond acceptors (Lipinski definition) is 4. The van der Waals surface area contributed by atoms with Gasteiger partial charge in [0.1, 0.15) is 0 Å². The Labute approximate surface area is 182 Å². The molecule has 0 spiro atoms. The minimum Gasteiger partial charge on any atom is -0.378 e. The third kappa shape index (κ3) is 4.38. The van der Waals surface area contributed by atoms with Gasteiger partial charge in [-0.1, -0.05) is 54.6 Å². The number of rotatable bonds is 7. The van der Waals surface area contributed by atoms with E-state index in [0.717, 1.165) is 0 Å². The number of aliphatic hydroxyl groups excluding tert-OH is 1. The van der Waals surface area contributed by atoms with Crippen molar-refractivity contribution in [3.8, 4) is 0 Å². The second-order valence-electron chi connectivity index (χ2n) is 6.52. The van der Waals surface area contributed by atoms with E-state index in [9.17, 15) is 30.4 Å². The minimum atomic E-state index is -6.31. The van der Waals surface area contributed by atoms with E-state index >= 15 is 0 Å². The monoisotopic (exact) mass is 492 g/mol. The summed E-state index contributed by atoms with van der Waals surface area (Å²) in [5.41, 5.74) is 0. The van der Waals surface area contributed by atoms with Crippen LogP contribution >= 0.6 is 10.3 Å². The van der Waals surface area contributed by atoms with Crippen LogP contribution in [0.1, 0.15) is 0 Å². The van der Waals surface area contributed by atoms with E-state index in [2.05, 4.69) is 0 Å². The van der Waals surface area contributed by atoms with Gasteiger partial charge in [0, 0.05) is 14.7 Å². The van der Waals surface area contributed by atoms with E-state index in [1.807, 2.05) is 0 Å². The van der Waals surface area contributed by atoms with Crippen LogP contribution in [0.25, 0.3) is 0 Å². The lowest BCUT2D eigenvalue weighted by molar-refractivity contribution is -0.248. The Hall–Kier alpha value is -2.47. The summed E-state index contributed by atoms with van der Waals surface area (Å²) >= 11 is 0. The molecular weight excluding hydrogens is 475 g/mol. The molecular formula is C21H17F5O4S2. The molecule has 32 heavy (non-hydrogen) atoms.